The minimum absolute atomic E-state index is 0.532. The molecule has 0 N–H and O–H groups in total. The second-order valence-electron chi connectivity index (χ2n) is 2.84. The molecule has 0 bridgehead atoms. The summed E-state index contributed by atoms with van der Waals surface area (Å²) in [6.45, 7) is 1.58. The smallest absolute Gasteiger partial charge is 0.174 e. The lowest BCUT2D eigenvalue weighted by atomic mass is 10.3. The molecule has 1 aromatic heterocycles. The van der Waals surface area contributed by atoms with Gasteiger partial charge in [0.25, 0.3) is 0 Å². The van der Waals surface area contributed by atoms with Crippen LogP contribution in [0.4, 0.5) is 5.82 Å². The third-order valence-corrected chi connectivity index (χ3v) is 2.15. The van der Waals surface area contributed by atoms with Crippen molar-refractivity contribution in [2.24, 2.45) is 0 Å². The molecule has 2 heterocycles. The van der Waals surface area contributed by atoms with Gasteiger partial charge in [0, 0.05) is 6.54 Å². The number of rotatable bonds is 1. The maximum Gasteiger partial charge on any atom is 0.174 e. The Morgan fingerprint density at radius 1 is 1.46 bits per heavy atom. The standard InChI is InChI=1S/C8H10ClN3O/c9-7-5-10-6-11-8(7)12-3-1-2-4-13-12/h5-6H,1-4H2. The van der Waals surface area contributed by atoms with Gasteiger partial charge in [-0.05, 0) is 12.8 Å². The Labute approximate surface area is 81.5 Å². The Morgan fingerprint density at radius 2 is 2.38 bits per heavy atom. The lowest BCUT2D eigenvalue weighted by molar-refractivity contribution is 0.0761. The van der Waals surface area contributed by atoms with Gasteiger partial charge in [0.1, 0.15) is 11.3 Å². The van der Waals surface area contributed by atoms with Crippen molar-refractivity contribution in [1.29, 1.82) is 0 Å². The number of aromatic nitrogens is 2. The van der Waals surface area contributed by atoms with E-state index >= 15 is 0 Å². The quantitative estimate of drug-likeness (QED) is 0.690. The van der Waals surface area contributed by atoms with E-state index in [0.29, 0.717) is 10.8 Å². The van der Waals surface area contributed by atoms with Crippen LogP contribution >= 0.6 is 11.6 Å². The van der Waals surface area contributed by atoms with E-state index in [9.17, 15) is 0 Å². The van der Waals surface area contributed by atoms with Crippen LogP contribution < -0.4 is 5.06 Å². The zero-order chi connectivity index (χ0) is 9.10. The predicted octanol–water partition coefficient (Wildman–Crippen LogP) is 1.66. The zero-order valence-corrected chi connectivity index (χ0v) is 7.87. The van der Waals surface area contributed by atoms with Crippen molar-refractivity contribution in [3.8, 4) is 0 Å². The molecule has 1 aliphatic heterocycles. The maximum atomic E-state index is 5.91. The first-order valence-electron chi connectivity index (χ1n) is 4.24. The number of hydroxylamine groups is 1. The monoisotopic (exact) mass is 199 g/mol. The SMILES string of the molecule is Clc1cncnc1N1CCCCO1. The van der Waals surface area contributed by atoms with Gasteiger partial charge in [-0.2, -0.15) is 0 Å². The van der Waals surface area contributed by atoms with E-state index in [4.69, 9.17) is 16.4 Å². The van der Waals surface area contributed by atoms with Gasteiger partial charge in [-0.1, -0.05) is 11.6 Å². The Hall–Kier alpha value is -0.870. The molecule has 70 valence electrons. The van der Waals surface area contributed by atoms with Gasteiger partial charge in [-0.3, -0.25) is 4.84 Å². The van der Waals surface area contributed by atoms with Crippen molar-refractivity contribution in [3.63, 3.8) is 0 Å². The Bertz CT molecular complexity index is 288. The summed E-state index contributed by atoms with van der Waals surface area (Å²) in [5.74, 6) is 0.663. The first kappa shape index (κ1) is 8.72. The van der Waals surface area contributed by atoms with Crippen LogP contribution in [0.3, 0.4) is 0 Å². The van der Waals surface area contributed by atoms with E-state index in [1.54, 1.807) is 11.3 Å². The highest BCUT2D eigenvalue weighted by Gasteiger charge is 2.15. The van der Waals surface area contributed by atoms with E-state index in [-0.39, 0.29) is 0 Å². The second kappa shape index (κ2) is 3.89. The first-order valence-corrected chi connectivity index (χ1v) is 4.61. The Kier molecular flexibility index (Phi) is 2.61. The molecule has 1 aromatic rings. The molecule has 0 amide bonds. The Morgan fingerprint density at radius 3 is 3.08 bits per heavy atom. The fourth-order valence-corrected chi connectivity index (χ4v) is 1.45. The van der Waals surface area contributed by atoms with Gasteiger partial charge in [-0.15, -0.1) is 0 Å². The molecule has 1 aliphatic rings. The van der Waals surface area contributed by atoms with E-state index in [2.05, 4.69) is 9.97 Å². The van der Waals surface area contributed by atoms with Gasteiger partial charge in [0.15, 0.2) is 5.82 Å². The minimum Gasteiger partial charge on any atom is -0.272 e. The third kappa shape index (κ3) is 1.89. The van der Waals surface area contributed by atoms with E-state index < -0.39 is 0 Å². The summed E-state index contributed by atoms with van der Waals surface area (Å²) in [6.07, 6.45) is 5.25. The molecule has 0 aliphatic carbocycles. The third-order valence-electron chi connectivity index (χ3n) is 1.89. The molecular weight excluding hydrogens is 190 g/mol. The van der Waals surface area contributed by atoms with Gasteiger partial charge < -0.3 is 0 Å². The van der Waals surface area contributed by atoms with Crippen LogP contribution in [-0.4, -0.2) is 23.1 Å². The average Bonchev–Trinajstić information content (AvgIpc) is 2.20. The van der Waals surface area contributed by atoms with Crippen molar-refractivity contribution < 1.29 is 4.84 Å². The number of anilines is 1. The Balaban J connectivity index is 2.18. The van der Waals surface area contributed by atoms with Crippen LogP contribution in [-0.2, 0) is 4.84 Å². The van der Waals surface area contributed by atoms with Crippen LogP contribution in [0.1, 0.15) is 12.8 Å². The van der Waals surface area contributed by atoms with Crippen molar-refractivity contribution >= 4 is 17.4 Å². The van der Waals surface area contributed by atoms with E-state index in [0.717, 1.165) is 26.0 Å². The highest BCUT2D eigenvalue weighted by Crippen LogP contribution is 2.23. The molecule has 0 radical (unpaired) electrons. The molecule has 0 saturated carbocycles. The summed E-state index contributed by atoms with van der Waals surface area (Å²) in [5.41, 5.74) is 0. The molecule has 0 atom stereocenters. The van der Waals surface area contributed by atoms with Crippen LogP contribution in [0.25, 0.3) is 0 Å². The van der Waals surface area contributed by atoms with Gasteiger partial charge >= 0.3 is 0 Å². The lowest BCUT2D eigenvalue weighted by Gasteiger charge is -2.26. The summed E-state index contributed by atoms with van der Waals surface area (Å²) in [5, 5.41) is 2.26. The molecule has 0 aromatic carbocycles. The number of halogens is 1. The van der Waals surface area contributed by atoms with Gasteiger partial charge in [0.05, 0.1) is 12.8 Å². The average molecular weight is 200 g/mol. The maximum absolute atomic E-state index is 5.91. The number of hydrogen-bond acceptors (Lipinski definition) is 4. The summed E-state index contributed by atoms with van der Waals surface area (Å²) >= 11 is 5.91. The summed E-state index contributed by atoms with van der Waals surface area (Å²) in [4.78, 5) is 13.3. The van der Waals surface area contributed by atoms with Gasteiger partial charge in [-0.25, -0.2) is 15.0 Å². The lowest BCUT2D eigenvalue weighted by Crippen LogP contribution is -2.30. The minimum atomic E-state index is 0.532. The normalized spacial score (nSPS) is 17.5. The van der Waals surface area contributed by atoms with Crippen molar-refractivity contribution in [2.75, 3.05) is 18.2 Å². The molecule has 1 fully saturated rings. The number of hydrogen-bond donors (Lipinski definition) is 0. The van der Waals surface area contributed by atoms with Crippen LogP contribution in [0.5, 0.6) is 0 Å². The molecular formula is C8H10ClN3O. The zero-order valence-electron chi connectivity index (χ0n) is 7.11. The van der Waals surface area contributed by atoms with Crippen molar-refractivity contribution in [2.45, 2.75) is 12.8 Å². The highest BCUT2D eigenvalue weighted by molar-refractivity contribution is 6.32. The molecule has 5 heteroatoms. The topological polar surface area (TPSA) is 38.2 Å². The predicted molar refractivity (Wildman–Crippen MR) is 49.6 cm³/mol. The molecule has 13 heavy (non-hydrogen) atoms. The van der Waals surface area contributed by atoms with Crippen LogP contribution in [0.15, 0.2) is 12.5 Å². The van der Waals surface area contributed by atoms with E-state index in [1.165, 1.54) is 6.33 Å². The second-order valence-corrected chi connectivity index (χ2v) is 3.24. The molecule has 0 spiro atoms. The fraction of sp³-hybridized carbons (Fsp3) is 0.500. The van der Waals surface area contributed by atoms with Gasteiger partial charge in [0.2, 0.25) is 0 Å². The fourth-order valence-electron chi connectivity index (χ4n) is 1.25. The summed E-state index contributed by atoms with van der Waals surface area (Å²) in [6, 6.07) is 0. The summed E-state index contributed by atoms with van der Waals surface area (Å²) in [7, 11) is 0. The highest BCUT2D eigenvalue weighted by atomic mass is 35.5. The van der Waals surface area contributed by atoms with E-state index in [1.807, 2.05) is 0 Å². The summed E-state index contributed by atoms with van der Waals surface area (Å²) < 4.78 is 0. The van der Waals surface area contributed by atoms with Crippen LogP contribution in [0.2, 0.25) is 5.02 Å². The largest absolute Gasteiger partial charge is 0.272 e. The van der Waals surface area contributed by atoms with Crippen molar-refractivity contribution in [1.82, 2.24) is 9.97 Å². The number of nitrogens with zero attached hydrogens (tertiary/aromatic N) is 3. The molecule has 0 unspecified atom stereocenters. The van der Waals surface area contributed by atoms with Crippen molar-refractivity contribution in [3.05, 3.63) is 17.5 Å². The molecule has 4 nitrogen and oxygen atoms in total. The first-order chi connectivity index (χ1) is 6.38. The molecule has 1 saturated heterocycles. The molecule has 2 rings (SSSR count). The van der Waals surface area contributed by atoms with Crippen LogP contribution in [0, 0.1) is 0 Å².